The summed E-state index contributed by atoms with van der Waals surface area (Å²) in [6.45, 7) is 4.33. The van der Waals surface area contributed by atoms with E-state index in [0.29, 0.717) is 38.6 Å². The van der Waals surface area contributed by atoms with Crippen LogP contribution in [0.2, 0.25) is 0 Å². The van der Waals surface area contributed by atoms with Crippen molar-refractivity contribution in [2.45, 2.75) is 19.9 Å². The van der Waals surface area contributed by atoms with Crippen molar-refractivity contribution in [3.8, 4) is 11.5 Å². The van der Waals surface area contributed by atoms with Gasteiger partial charge in [-0.15, -0.1) is 0 Å². The molecule has 0 bridgehead atoms. The summed E-state index contributed by atoms with van der Waals surface area (Å²) < 4.78 is 13.0. The highest BCUT2D eigenvalue weighted by Gasteiger charge is 2.32. The molecule has 0 radical (unpaired) electrons. The Morgan fingerprint density at radius 3 is 2.37 bits per heavy atom. The average Bonchev–Trinajstić information content (AvgIpc) is 3.23. The average molecular weight is 526 g/mol. The predicted octanol–water partition coefficient (Wildman–Crippen LogP) is 4.28. The van der Waals surface area contributed by atoms with E-state index < -0.39 is 6.04 Å². The fourth-order valence-corrected chi connectivity index (χ4v) is 5.46. The first-order chi connectivity index (χ1) is 18.5. The molecule has 0 spiro atoms. The highest BCUT2D eigenvalue weighted by atomic mass is 32.1. The Hall–Kier alpha value is -4.43. The molecule has 8 heteroatoms. The van der Waals surface area contributed by atoms with Gasteiger partial charge in [-0.25, -0.2) is 4.99 Å². The molecule has 0 unspecified atom stereocenters. The second-order valence-corrected chi connectivity index (χ2v) is 9.69. The number of nitrogens with one attached hydrogen (secondary N) is 1. The van der Waals surface area contributed by atoms with Crippen molar-refractivity contribution in [2.75, 3.05) is 19.0 Å². The number of aromatic nitrogens is 1. The summed E-state index contributed by atoms with van der Waals surface area (Å²) in [5.74, 6) is 1.15. The lowest BCUT2D eigenvalue weighted by Gasteiger charge is -2.25. The molecular weight excluding hydrogens is 498 g/mol. The van der Waals surface area contributed by atoms with Gasteiger partial charge in [-0.2, -0.15) is 0 Å². The largest absolute Gasteiger partial charge is 0.497 e. The zero-order valence-corrected chi connectivity index (χ0v) is 22.1. The topological polar surface area (TPSA) is 81.9 Å². The van der Waals surface area contributed by atoms with Crippen molar-refractivity contribution in [3.63, 3.8) is 0 Å². The van der Waals surface area contributed by atoms with E-state index in [4.69, 9.17) is 14.5 Å². The number of para-hydroxylation sites is 1. The Labute approximate surface area is 224 Å². The van der Waals surface area contributed by atoms with E-state index in [9.17, 15) is 9.59 Å². The Morgan fingerprint density at radius 1 is 1.03 bits per heavy atom. The summed E-state index contributed by atoms with van der Waals surface area (Å²) in [5.41, 5.74) is 3.09. The van der Waals surface area contributed by atoms with Gasteiger partial charge in [0, 0.05) is 5.69 Å². The number of ether oxygens (including phenoxy) is 2. The molecular formula is C30H27N3O4S. The summed E-state index contributed by atoms with van der Waals surface area (Å²) in [7, 11) is 1.60. The summed E-state index contributed by atoms with van der Waals surface area (Å²) in [6, 6.07) is 23.6. The number of nitrogens with zero attached hydrogens (tertiary/aromatic N) is 2. The third-order valence-electron chi connectivity index (χ3n) is 6.22. The van der Waals surface area contributed by atoms with E-state index >= 15 is 0 Å². The third kappa shape index (κ3) is 5.03. The minimum atomic E-state index is -0.650. The van der Waals surface area contributed by atoms with Gasteiger partial charge in [0.1, 0.15) is 11.5 Å². The lowest BCUT2D eigenvalue weighted by Crippen LogP contribution is -2.40. The first kappa shape index (κ1) is 25.2. The van der Waals surface area contributed by atoms with Crippen molar-refractivity contribution in [2.24, 2.45) is 4.99 Å². The molecule has 1 aliphatic rings. The summed E-state index contributed by atoms with van der Waals surface area (Å²) in [6.07, 6.45) is 1.84. The number of hydrogen-bond donors (Lipinski definition) is 1. The van der Waals surface area contributed by atoms with Gasteiger partial charge in [0.15, 0.2) is 4.80 Å². The third-order valence-corrected chi connectivity index (χ3v) is 7.20. The zero-order chi connectivity index (χ0) is 26.6. The van der Waals surface area contributed by atoms with Crippen LogP contribution in [0.1, 0.15) is 31.0 Å². The number of thiazole rings is 1. The molecule has 0 fully saturated rings. The molecule has 1 atom stereocenters. The van der Waals surface area contributed by atoms with Crippen LogP contribution in [-0.2, 0) is 4.79 Å². The number of rotatable bonds is 7. The molecule has 38 heavy (non-hydrogen) atoms. The van der Waals surface area contributed by atoms with Crippen LogP contribution in [0.5, 0.6) is 11.5 Å². The summed E-state index contributed by atoms with van der Waals surface area (Å²) in [4.78, 5) is 32.6. The lowest BCUT2D eigenvalue weighted by molar-refractivity contribution is -0.113. The van der Waals surface area contributed by atoms with Crippen LogP contribution in [0.3, 0.4) is 0 Å². The molecule has 4 aromatic rings. The van der Waals surface area contributed by atoms with Gasteiger partial charge in [-0.1, -0.05) is 53.8 Å². The fourth-order valence-electron chi connectivity index (χ4n) is 4.41. The maximum absolute atomic E-state index is 13.8. The lowest BCUT2D eigenvalue weighted by atomic mass is 9.95. The number of benzene rings is 3. The maximum atomic E-state index is 13.8. The van der Waals surface area contributed by atoms with Gasteiger partial charge in [0.2, 0.25) is 0 Å². The molecule has 1 aromatic heterocycles. The number of methoxy groups -OCH3 is 1. The molecule has 1 amide bonds. The van der Waals surface area contributed by atoms with Crippen LogP contribution < -0.4 is 29.7 Å². The first-order valence-corrected chi connectivity index (χ1v) is 13.1. The van der Waals surface area contributed by atoms with Gasteiger partial charge in [0.05, 0.1) is 35.6 Å². The van der Waals surface area contributed by atoms with Crippen molar-refractivity contribution < 1.29 is 14.3 Å². The molecule has 0 saturated carbocycles. The van der Waals surface area contributed by atoms with Crippen molar-refractivity contribution in [1.82, 2.24) is 4.57 Å². The fraction of sp³-hybridized carbons (Fsp3) is 0.167. The quantitative estimate of drug-likeness (QED) is 0.391. The van der Waals surface area contributed by atoms with E-state index in [0.717, 1.165) is 16.9 Å². The van der Waals surface area contributed by atoms with E-state index in [1.165, 1.54) is 11.3 Å². The number of hydrogen-bond acceptors (Lipinski definition) is 6. The number of anilines is 1. The second kappa shape index (κ2) is 10.9. The standard InChI is InChI=1S/C30H27N3O4S/c1-4-37-24-14-10-20(11-15-24)18-25-29(35)33-27(21-12-16-23(36-3)17-13-21)26(19(2)31-30(33)38-25)28(34)32-22-8-6-5-7-9-22/h5-18,27H,4H2,1-3H3,(H,32,34)/b25-18-/t27-/m1/s1. The van der Waals surface area contributed by atoms with Crippen LogP contribution in [0, 0.1) is 0 Å². The number of carbonyl (C=O) groups is 1. The molecule has 1 aliphatic heterocycles. The van der Waals surface area contributed by atoms with Gasteiger partial charge in [-0.3, -0.25) is 14.2 Å². The monoisotopic (exact) mass is 525 g/mol. The molecule has 1 N–H and O–H groups in total. The number of amides is 1. The second-order valence-electron chi connectivity index (χ2n) is 8.68. The Bertz CT molecular complexity index is 1670. The molecule has 7 nitrogen and oxygen atoms in total. The highest BCUT2D eigenvalue weighted by Crippen LogP contribution is 2.31. The zero-order valence-electron chi connectivity index (χ0n) is 21.3. The molecule has 2 heterocycles. The van der Waals surface area contributed by atoms with Crippen LogP contribution in [0.4, 0.5) is 5.69 Å². The smallest absolute Gasteiger partial charge is 0.271 e. The Morgan fingerprint density at radius 2 is 1.71 bits per heavy atom. The van der Waals surface area contributed by atoms with Gasteiger partial charge >= 0.3 is 0 Å². The van der Waals surface area contributed by atoms with E-state index in [1.54, 1.807) is 18.6 Å². The van der Waals surface area contributed by atoms with Crippen molar-refractivity contribution in [1.29, 1.82) is 0 Å². The number of fused-ring (bicyclic) bond motifs is 1. The van der Waals surface area contributed by atoms with Crippen molar-refractivity contribution in [3.05, 3.63) is 121 Å². The van der Waals surface area contributed by atoms with Crippen LogP contribution in [0.25, 0.3) is 6.08 Å². The normalized spacial score (nSPS) is 15.0. The first-order valence-electron chi connectivity index (χ1n) is 12.2. The van der Waals surface area contributed by atoms with Crippen LogP contribution in [-0.4, -0.2) is 24.2 Å². The maximum Gasteiger partial charge on any atom is 0.271 e. The highest BCUT2D eigenvalue weighted by molar-refractivity contribution is 7.07. The van der Waals surface area contributed by atoms with E-state index in [1.807, 2.05) is 91.9 Å². The minimum Gasteiger partial charge on any atom is -0.497 e. The van der Waals surface area contributed by atoms with Gasteiger partial charge < -0.3 is 14.8 Å². The predicted molar refractivity (Wildman–Crippen MR) is 149 cm³/mol. The van der Waals surface area contributed by atoms with E-state index in [2.05, 4.69) is 5.32 Å². The molecule has 0 aliphatic carbocycles. The van der Waals surface area contributed by atoms with E-state index in [-0.39, 0.29) is 11.5 Å². The van der Waals surface area contributed by atoms with Crippen LogP contribution >= 0.6 is 11.3 Å². The number of carbonyl (C=O) groups excluding carboxylic acids is 1. The summed E-state index contributed by atoms with van der Waals surface area (Å²) in [5, 5.41) is 2.96. The Kier molecular flexibility index (Phi) is 7.24. The van der Waals surface area contributed by atoms with Crippen molar-refractivity contribution >= 4 is 29.0 Å². The Balaban J connectivity index is 1.63. The minimum absolute atomic E-state index is 0.207. The number of allylic oxidation sites excluding steroid dienone is 1. The van der Waals surface area contributed by atoms with Gasteiger partial charge in [0.25, 0.3) is 11.5 Å². The summed E-state index contributed by atoms with van der Waals surface area (Å²) >= 11 is 1.31. The molecule has 5 rings (SSSR count). The molecule has 192 valence electrons. The van der Waals surface area contributed by atoms with Gasteiger partial charge in [-0.05, 0) is 67.4 Å². The SMILES string of the molecule is CCOc1ccc(/C=c2\sc3n(c2=O)[C@H](c2ccc(OC)cc2)C(C(=O)Nc2ccccc2)=C(C)N=3)cc1. The van der Waals surface area contributed by atoms with Crippen LogP contribution in [0.15, 0.2) is 99.9 Å². The molecule has 3 aromatic carbocycles. The molecule has 0 saturated heterocycles.